The van der Waals surface area contributed by atoms with Crippen LogP contribution in [-0.4, -0.2) is 43.1 Å². The number of aromatic amines is 1. The zero-order valence-corrected chi connectivity index (χ0v) is 15.6. The predicted molar refractivity (Wildman–Crippen MR) is 91.0 cm³/mol. The first-order chi connectivity index (χ1) is 11.0. The van der Waals surface area contributed by atoms with Crippen LogP contribution < -0.4 is 10.7 Å². The molecule has 12 heteroatoms. The van der Waals surface area contributed by atoms with E-state index in [-0.39, 0.29) is 33.1 Å². The molecule has 2 aromatic rings. The molecule has 1 aromatic heterocycles. The topological polar surface area (TPSA) is 141 Å². The highest BCUT2D eigenvalue weighted by molar-refractivity contribution is 8.21. The number of hydrogen-bond acceptors (Lipinski definition) is 7. The van der Waals surface area contributed by atoms with Crippen LogP contribution in [0.15, 0.2) is 24.3 Å². The summed E-state index contributed by atoms with van der Waals surface area (Å²) in [6, 6.07) is 5.96. The van der Waals surface area contributed by atoms with Crippen molar-refractivity contribution >= 4 is 61.7 Å². The van der Waals surface area contributed by atoms with E-state index in [2.05, 4.69) is 4.98 Å². The van der Waals surface area contributed by atoms with E-state index >= 15 is 0 Å². The van der Waals surface area contributed by atoms with Crippen molar-refractivity contribution < 1.29 is 29.8 Å². The Balaban J connectivity index is 3.36. The molecule has 0 bridgehead atoms. The molecule has 0 aliphatic heterocycles. The van der Waals surface area contributed by atoms with Gasteiger partial charge in [-0.3, -0.25) is 4.21 Å². The quantitative estimate of drug-likeness (QED) is 0.488. The number of fused-ring (bicyclic) bond motifs is 1. The van der Waals surface area contributed by atoms with Crippen molar-refractivity contribution in [3.05, 3.63) is 35.0 Å². The Morgan fingerprint density at radius 2 is 1.50 bits per heavy atom. The van der Waals surface area contributed by atoms with Crippen molar-refractivity contribution in [2.24, 2.45) is 0 Å². The second-order valence-electron chi connectivity index (χ2n) is 4.86. The van der Waals surface area contributed by atoms with Crippen LogP contribution >= 0.6 is 0 Å². The second kappa shape index (κ2) is 6.44. The van der Waals surface area contributed by atoms with Crippen LogP contribution in [0.5, 0.6) is 0 Å². The van der Waals surface area contributed by atoms with Gasteiger partial charge in [-0.1, -0.05) is 24.3 Å². The molecule has 0 saturated heterocycles. The molecule has 0 aliphatic carbocycles. The number of sulfone groups is 2. The predicted octanol–water partition coefficient (Wildman–Crippen LogP) is -1.30. The first-order valence-corrected chi connectivity index (χ1v) is 11.7. The maximum Gasteiger partial charge on any atom is 0.516 e. The Bertz CT molecular complexity index is 1160. The molecule has 1 unspecified atom stereocenters. The van der Waals surface area contributed by atoms with E-state index in [1.807, 2.05) is 0 Å². The van der Waals surface area contributed by atoms with Crippen molar-refractivity contribution in [1.82, 2.24) is 4.98 Å². The highest BCUT2D eigenvalue weighted by Crippen LogP contribution is 2.15. The fourth-order valence-electron chi connectivity index (χ4n) is 2.30. The van der Waals surface area contributed by atoms with Gasteiger partial charge in [0.1, 0.15) is 5.35 Å². The summed E-state index contributed by atoms with van der Waals surface area (Å²) in [5.74, 6) is 0. The Morgan fingerprint density at radius 3 is 1.88 bits per heavy atom. The van der Waals surface area contributed by atoms with Gasteiger partial charge < -0.3 is 9.54 Å². The van der Waals surface area contributed by atoms with E-state index in [4.69, 9.17) is 0 Å². The van der Waals surface area contributed by atoms with Crippen molar-refractivity contribution in [3.8, 4) is 0 Å². The van der Waals surface area contributed by atoms with Crippen molar-refractivity contribution in [2.45, 2.75) is 0 Å². The number of benzene rings is 1. The van der Waals surface area contributed by atoms with E-state index in [9.17, 15) is 29.8 Å². The molecule has 130 valence electrons. The molecule has 0 amide bonds. The lowest BCUT2D eigenvalue weighted by molar-refractivity contribution is 0.548. The van der Waals surface area contributed by atoms with Crippen LogP contribution in [0.1, 0.15) is 0 Å². The Kier molecular flexibility index (Phi) is 5.06. The summed E-state index contributed by atoms with van der Waals surface area (Å²) in [6.45, 7) is 0. The third kappa shape index (κ3) is 3.47. The number of rotatable bonds is 4. The standard InChI is InChI=1S/C12H11NO7S4/c1-23(17,18)12(24(2,19)20)10-8-6-4-3-5-7(8)9(13-10)11(21-14)22(15)16/h3-6,13H,1-2H3/b11-9-. The highest BCUT2D eigenvalue weighted by atomic mass is 32.3. The third-order valence-corrected chi connectivity index (χ3v) is 8.07. The number of hydrogen-bond donors (Lipinski definition) is 1. The molecular weight excluding hydrogens is 398 g/mol. The van der Waals surface area contributed by atoms with Gasteiger partial charge in [0.2, 0.25) is 0 Å². The molecule has 0 fully saturated rings. The van der Waals surface area contributed by atoms with Gasteiger partial charge in [-0.05, 0) is 0 Å². The van der Waals surface area contributed by atoms with Gasteiger partial charge in [0.05, 0.1) is 5.35 Å². The van der Waals surface area contributed by atoms with E-state index in [1.165, 1.54) is 18.2 Å². The largest absolute Gasteiger partial charge is 0.765 e. The maximum atomic E-state index is 12.0. The van der Waals surface area contributed by atoms with Gasteiger partial charge in [-0.25, -0.2) is 16.8 Å². The van der Waals surface area contributed by atoms with E-state index in [0.717, 1.165) is 12.5 Å². The summed E-state index contributed by atoms with van der Waals surface area (Å²) >= 11 is -3.17. The molecule has 1 atom stereocenters. The van der Waals surface area contributed by atoms with Gasteiger partial charge in [-0.15, -0.1) is 0 Å². The SMILES string of the molecule is CS(=O)(=O)C(=c1[nH]/c(=C(/[S+]=O)S(=O)[O-])c2ccccc12)S(C)(=O)=O. The Hall–Kier alpha value is -1.47. The van der Waals surface area contributed by atoms with Gasteiger partial charge in [0, 0.05) is 38.6 Å². The lowest BCUT2D eigenvalue weighted by Crippen LogP contribution is -2.24. The normalized spacial score (nSPS) is 15.1. The van der Waals surface area contributed by atoms with Crippen molar-refractivity contribution in [2.75, 3.05) is 12.5 Å². The Morgan fingerprint density at radius 1 is 1.04 bits per heavy atom. The summed E-state index contributed by atoms with van der Waals surface area (Å²) in [6.07, 6.45) is 1.47. The van der Waals surface area contributed by atoms with E-state index < -0.39 is 39.2 Å². The monoisotopic (exact) mass is 409 g/mol. The minimum atomic E-state index is -4.16. The molecule has 1 N–H and O–H groups in total. The van der Waals surface area contributed by atoms with Gasteiger partial charge in [0.15, 0.2) is 23.9 Å². The minimum Gasteiger partial charge on any atom is -0.765 e. The van der Waals surface area contributed by atoms with Crippen LogP contribution in [0.3, 0.4) is 0 Å². The summed E-state index contributed by atoms with van der Waals surface area (Å²) < 4.78 is 80.0. The molecule has 1 heterocycles. The molecule has 0 radical (unpaired) electrons. The molecule has 2 rings (SSSR count). The average molecular weight is 409 g/mol. The molecule has 0 saturated carbocycles. The zero-order valence-electron chi connectivity index (χ0n) is 12.3. The lowest BCUT2D eigenvalue weighted by Gasteiger charge is -2.01. The summed E-state index contributed by atoms with van der Waals surface area (Å²) in [5.41, 5.74) is 0. The minimum absolute atomic E-state index is 0.154. The number of aromatic nitrogens is 1. The highest BCUT2D eigenvalue weighted by Gasteiger charge is 2.27. The third-order valence-electron chi connectivity index (χ3n) is 3.02. The fraction of sp³-hybridized carbons (Fsp3) is 0.167. The van der Waals surface area contributed by atoms with Crippen molar-refractivity contribution in [3.63, 3.8) is 0 Å². The first-order valence-electron chi connectivity index (χ1n) is 6.13. The maximum absolute atomic E-state index is 12.0. The molecular formula is C12H11NO7S4. The van der Waals surface area contributed by atoms with Crippen LogP contribution in [0, 0.1) is 0 Å². The van der Waals surface area contributed by atoms with E-state index in [0.29, 0.717) is 0 Å². The number of nitrogens with one attached hydrogen (secondary N) is 1. The molecule has 0 spiro atoms. The van der Waals surface area contributed by atoms with Gasteiger partial charge in [0.25, 0.3) is 0 Å². The van der Waals surface area contributed by atoms with Gasteiger partial charge in [-0.2, -0.15) is 0 Å². The lowest BCUT2D eigenvalue weighted by atomic mass is 10.2. The van der Waals surface area contributed by atoms with Crippen LogP contribution in [0.25, 0.3) is 19.2 Å². The molecule has 1 aromatic carbocycles. The van der Waals surface area contributed by atoms with Crippen molar-refractivity contribution in [1.29, 1.82) is 0 Å². The zero-order chi connectivity index (χ0) is 18.3. The molecule has 0 aliphatic rings. The summed E-state index contributed by atoms with van der Waals surface area (Å²) in [7, 11) is -8.31. The average Bonchev–Trinajstić information content (AvgIpc) is 2.76. The molecule has 24 heavy (non-hydrogen) atoms. The second-order valence-corrected chi connectivity index (χ2v) is 10.7. The van der Waals surface area contributed by atoms with Crippen LogP contribution in [0.2, 0.25) is 0 Å². The first kappa shape index (κ1) is 18.9. The Labute approximate surface area is 143 Å². The van der Waals surface area contributed by atoms with E-state index in [1.54, 1.807) is 6.07 Å². The number of H-pyrrole nitrogens is 1. The van der Waals surface area contributed by atoms with Crippen LogP contribution in [-0.2, 0) is 46.6 Å². The summed E-state index contributed by atoms with van der Waals surface area (Å²) in [4.78, 5) is 2.49. The smallest absolute Gasteiger partial charge is 0.516 e. The fourth-order valence-corrected chi connectivity index (χ4v) is 6.36. The molecule has 8 nitrogen and oxygen atoms in total. The summed E-state index contributed by atoms with van der Waals surface area (Å²) in [5, 5.41) is -0.0310. The van der Waals surface area contributed by atoms with Gasteiger partial charge >= 0.3 is 15.9 Å². The van der Waals surface area contributed by atoms with Crippen LogP contribution in [0.4, 0.5) is 0 Å².